The van der Waals surface area contributed by atoms with E-state index in [9.17, 15) is 0 Å². The van der Waals surface area contributed by atoms with Gasteiger partial charge in [0.25, 0.3) is 0 Å². The summed E-state index contributed by atoms with van der Waals surface area (Å²) in [6, 6.07) is 7.43. The molecule has 1 aromatic carbocycles. The van der Waals surface area contributed by atoms with Gasteiger partial charge in [-0.1, -0.05) is 32.0 Å². The fraction of sp³-hybridized carbons (Fsp3) is 0.647. The third-order valence-corrected chi connectivity index (χ3v) is 8.41. The molecule has 0 spiro atoms. The maximum Gasteiger partial charge on any atom is 0.0377 e. The molecule has 1 aliphatic heterocycles. The molecule has 1 fully saturated rings. The van der Waals surface area contributed by atoms with Gasteiger partial charge in [-0.2, -0.15) is 23.5 Å². The van der Waals surface area contributed by atoms with Crippen molar-refractivity contribution in [3.8, 4) is 0 Å². The van der Waals surface area contributed by atoms with E-state index in [1.807, 2.05) is 0 Å². The largest absolute Gasteiger partial charge is 0.271 e. The van der Waals surface area contributed by atoms with Crippen LogP contribution in [0.4, 0.5) is 0 Å². The van der Waals surface area contributed by atoms with Gasteiger partial charge in [0.05, 0.1) is 0 Å². The number of nitrogens with one attached hydrogen (secondary N) is 1. The van der Waals surface area contributed by atoms with Crippen LogP contribution in [0.3, 0.4) is 0 Å². The van der Waals surface area contributed by atoms with Crippen LogP contribution < -0.4 is 11.3 Å². The first-order valence-electron chi connectivity index (χ1n) is 8.01. The molecule has 116 valence electrons. The Morgan fingerprint density at radius 1 is 1.24 bits per heavy atom. The zero-order valence-electron chi connectivity index (χ0n) is 13.0. The van der Waals surface area contributed by atoms with E-state index in [4.69, 9.17) is 5.84 Å². The summed E-state index contributed by atoms with van der Waals surface area (Å²) >= 11 is 4.20. The summed E-state index contributed by atoms with van der Waals surface area (Å²) in [4.78, 5) is 0. The fourth-order valence-electron chi connectivity index (χ4n) is 3.32. The molecule has 0 saturated carbocycles. The lowest BCUT2D eigenvalue weighted by molar-refractivity contribution is 0.521. The van der Waals surface area contributed by atoms with Crippen molar-refractivity contribution in [1.29, 1.82) is 0 Å². The average molecular weight is 323 g/mol. The lowest BCUT2D eigenvalue weighted by atomic mass is 10.00. The van der Waals surface area contributed by atoms with E-state index in [0.29, 0.717) is 16.5 Å². The third kappa shape index (κ3) is 3.61. The molecule has 0 radical (unpaired) electrons. The number of hydrogen-bond donors (Lipinski definition) is 2. The topological polar surface area (TPSA) is 38.0 Å². The molecule has 2 aliphatic rings. The van der Waals surface area contributed by atoms with E-state index < -0.39 is 0 Å². The molecule has 0 bridgehead atoms. The Morgan fingerprint density at radius 3 is 2.81 bits per heavy atom. The summed E-state index contributed by atoms with van der Waals surface area (Å²) < 4.78 is 0. The van der Waals surface area contributed by atoms with Crippen molar-refractivity contribution in [3.63, 3.8) is 0 Å². The number of hydrogen-bond acceptors (Lipinski definition) is 4. The molecule has 1 aromatic rings. The highest BCUT2D eigenvalue weighted by atomic mass is 32.2. The van der Waals surface area contributed by atoms with Gasteiger partial charge in [-0.3, -0.25) is 11.3 Å². The first kappa shape index (κ1) is 15.7. The normalized spacial score (nSPS) is 30.1. The predicted octanol–water partition coefficient (Wildman–Crippen LogP) is 3.18. The Hall–Kier alpha value is -0.160. The number of benzene rings is 1. The summed E-state index contributed by atoms with van der Waals surface area (Å²) in [5.41, 5.74) is 7.65. The molecule has 4 heteroatoms. The third-order valence-electron chi connectivity index (χ3n) is 4.86. The summed E-state index contributed by atoms with van der Waals surface area (Å²) in [5.74, 6) is 7.08. The number of rotatable bonds is 4. The monoisotopic (exact) mass is 322 g/mol. The molecule has 21 heavy (non-hydrogen) atoms. The van der Waals surface area contributed by atoms with Gasteiger partial charge < -0.3 is 0 Å². The highest BCUT2D eigenvalue weighted by Gasteiger charge is 2.31. The molecule has 4 unspecified atom stereocenters. The van der Waals surface area contributed by atoms with E-state index in [-0.39, 0.29) is 0 Å². The number of fused-ring (bicyclic) bond motifs is 1. The van der Waals surface area contributed by atoms with E-state index in [2.05, 4.69) is 61.0 Å². The standard InChI is InChI=1S/C17H26N2S2/c1-11-12(2)21-17(10-20-11)16(19-18)9-13-6-7-14-4-3-5-15(14)8-13/h6-8,11-12,16-17,19H,3-5,9-10,18H2,1-2H3. The Bertz CT molecular complexity index is 492. The van der Waals surface area contributed by atoms with Gasteiger partial charge in [0.1, 0.15) is 0 Å². The summed E-state index contributed by atoms with van der Waals surface area (Å²) in [7, 11) is 0. The maximum absolute atomic E-state index is 5.87. The summed E-state index contributed by atoms with van der Waals surface area (Å²) in [6.45, 7) is 4.68. The van der Waals surface area contributed by atoms with Crippen LogP contribution in [0.25, 0.3) is 0 Å². The van der Waals surface area contributed by atoms with Crippen LogP contribution in [-0.4, -0.2) is 27.5 Å². The second kappa shape index (κ2) is 6.95. The van der Waals surface area contributed by atoms with Crippen molar-refractivity contribution in [2.45, 2.75) is 61.3 Å². The van der Waals surface area contributed by atoms with Gasteiger partial charge in [-0.25, -0.2) is 0 Å². The van der Waals surface area contributed by atoms with Gasteiger partial charge in [-0.15, -0.1) is 0 Å². The SMILES string of the molecule is CC1SCC(C(Cc2ccc3c(c2)CCC3)NN)SC1C. The molecule has 0 aromatic heterocycles. The minimum Gasteiger partial charge on any atom is -0.271 e. The van der Waals surface area contributed by atoms with Crippen LogP contribution >= 0.6 is 23.5 Å². The van der Waals surface area contributed by atoms with Crippen molar-refractivity contribution >= 4 is 23.5 Å². The minimum absolute atomic E-state index is 0.372. The molecule has 3 rings (SSSR count). The number of hydrazine groups is 1. The second-order valence-electron chi connectivity index (χ2n) is 6.35. The van der Waals surface area contributed by atoms with Crippen LogP contribution in [0.1, 0.15) is 37.0 Å². The Kier molecular flexibility index (Phi) is 5.20. The minimum atomic E-state index is 0.372. The summed E-state index contributed by atoms with van der Waals surface area (Å²) in [5, 5.41) is 2.08. The van der Waals surface area contributed by atoms with Gasteiger partial charge in [-0.05, 0) is 42.4 Å². The highest BCUT2D eigenvalue weighted by Crippen LogP contribution is 2.37. The number of nitrogens with two attached hydrogens (primary N) is 1. The summed E-state index contributed by atoms with van der Waals surface area (Å²) in [6.07, 6.45) is 4.89. The molecule has 2 nitrogen and oxygen atoms in total. The van der Waals surface area contributed by atoms with E-state index >= 15 is 0 Å². The number of thioether (sulfide) groups is 2. The zero-order chi connectivity index (χ0) is 14.8. The van der Waals surface area contributed by atoms with Crippen molar-refractivity contribution in [1.82, 2.24) is 5.43 Å². The van der Waals surface area contributed by atoms with Gasteiger partial charge in [0.2, 0.25) is 0 Å². The van der Waals surface area contributed by atoms with Crippen molar-refractivity contribution in [2.24, 2.45) is 5.84 Å². The second-order valence-corrected chi connectivity index (χ2v) is 9.38. The predicted molar refractivity (Wildman–Crippen MR) is 96.0 cm³/mol. The average Bonchev–Trinajstić information content (AvgIpc) is 2.95. The first-order valence-corrected chi connectivity index (χ1v) is 10.0. The molecule has 4 atom stereocenters. The van der Waals surface area contributed by atoms with Gasteiger partial charge in [0, 0.05) is 27.5 Å². The van der Waals surface area contributed by atoms with Crippen LogP contribution in [0, 0.1) is 0 Å². The Balaban J connectivity index is 1.67. The highest BCUT2D eigenvalue weighted by molar-refractivity contribution is 8.07. The molecular formula is C17H26N2S2. The fourth-order valence-corrected chi connectivity index (χ4v) is 6.43. The lowest BCUT2D eigenvalue weighted by Gasteiger charge is -2.35. The molecule has 1 saturated heterocycles. The molecule has 1 heterocycles. The molecule has 1 aliphatic carbocycles. The van der Waals surface area contributed by atoms with E-state index in [0.717, 1.165) is 11.7 Å². The zero-order valence-corrected chi connectivity index (χ0v) is 14.6. The van der Waals surface area contributed by atoms with Gasteiger partial charge in [0.15, 0.2) is 0 Å². The molecular weight excluding hydrogens is 296 g/mol. The van der Waals surface area contributed by atoms with Crippen molar-refractivity contribution < 1.29 is 0 Å². The van der Waals surface area contributed by atoms with Crippen LogP contribution in [0.5, 0.6) is 0 Å². The van der Waals surface area contributed by atoms with Crippen LogP contribution in [-0.2, 0) is 19.3 Å². The van der Waals surface area contributed by atoms with Crippen LogP contribution in [0.15, 0.2) is 18.2 Å². The Labute approximate surface area is 137 Å². The van der Waals surface area contributed by atoms with Crippen LogP contribution in [0.2, 0.25) is 0 Å². The first-order chi connectivity index (χ1) is 10.2. The number of aryl methyl sites for hydroxylation is 2. The Morgan fingerprint density at radius 2 is 2.05 bits per heavy atom. The molecule has 0 amide bonds. The molecule has 3 N–H and O–H groups in total. The quantitative estimate of drug-likeness (QED) is 0.659. The van der Waals surface area contributed by atoms with Crippen molar-refractivity contribution in [3.05, 3.63) is 34.9 Å². The van der Waals surface area contributed by atoms with E-state index in [1.165, 1.54) is 30.6 Å². The van der Waals surface area contributed by atoms with E-state index in [1.54, 1.807) is 11.1 Å². The van der Waals surface area contributed by atoms with Gasteiger partial charge >= 0.3 is 0 Å². The smallest absolute Gasteiger partial charge is 0.0377 e. The lowest BCUT2D eigenvalue weighted by Crippen LogP contribution is -2.47. The van der Waals surface area contributed by atoms with Crippen molar-refractivity contribution in [2.75, 3.05) is 5.75 Å². The maximum atomic E-state index is 5.87.